The van der Waals surface area contributed by atoms with Crippen molar-refractivity contribution in [3.05, 3.63) is 35.9 Å². The van der Waals surface area contributed by atoms with E-state index in [4.69, 9.17) is 4.74 Å². The van der Waals surface area contributed by atoms with Crippen molar-refractivity contribution in [2.45, 2.75) is 64.4 Å². The monoisotopic (exact) mass is 292 g/mol. The third-order valence-corrected chi connectivity index (χ3v) is 3.79. The highest BCUT2D eigenvalue weighted by atomic mass is 16.5. The van der Waals surface area contributed by atoms with Gasteiger partial charge in [0.25, 0.3) is 0 Å². The molecule has 0 aromatic heterocycles. The van der Waals surface area contributed by atoms with Crippen LogP contribution < -0.4 is 0 Å². The SMILES string of the molecule is CCCCCCC(CC)OC(=O)C(CO)c1ccccc1. The van der Waals surface area contributed by atoms with Crippen LogP contribution in [0.4, 0.5) is 0 Å². The highest BCUT2D eigenvalue weighted by molar-refractivity contribution is 5.78. The number of carbonyl (C=O) groups excluding carboxylic acids is 1. The summed E-state index contributed by atoms with van der Waals surface area (Å²) in [5.41, 5.74) is 0.811. The lowest BCUT2D eigenvalue weighted by atomic mass is 10.00. The number of carbonyl (C=O) groups is 1. The van der Waals surface area contributed by atoms with E-state index in [2.05, 4.69) is 6.92 Å². The van der Waals surface area contributed by atoms with E-state index in [0.29, 0.717) is 0 Å². The molecular weight excluding hydrogens is 264 g/mol. The second-order valence-corrected chi connectivity index (χ2v) is 5.46. The molecule has 2 unspecified atom stereocenters. The van der Waals surface area contributed by atoms with Crippen LogP contribution in [0.2, 0.25) is 0 Å². The third-order valence-electron chi connectivity index (χ3n) is 3.79. The number of aliphatic hydroxyl groups excluding tert-OH is 1. The van der Waals surface area contributed by atoms with Crippen molar-refractivity contribution in [1.29, 1.82) is 0 Å². The number of ether oxygens (including phenoxy) is 1. The van der Waals surface area contributed by atoms with Gasteiger partial charge in [0.05, 0.1) is 6.61 Å². The molecule has 0 fully saturated rings. The molecule has 118 valence electrons. The highest BCUT2D eigenvalue weighted by Gasteiger charge is 2.23. The molecule has 1 N–H and O–H groups in total. The van der Waals surface area contributed by atoms with Crippen molar-refractivity contribution >= 4 is 5.97 Å². The minimum Gasteiger partial charge on any atom is -0.462 e. The molecule has 0 saturated heterocycles. The highest BCUT2D eigenvalue weighted by Crippen LogP contribution is 2.20. The molecular formula is C18H28O3. The average Bonchev–Trinajstić information content (AvgIpc) is 2.52. The smallest absolute Gasteiger partial charge is 0.316 e. The van der Waals surface area contributed by atoms with Crippen LogP contribution in [0, 0.1) is 0 Å². The quantitative estimate of drug-likeness (QED) is 0.522. The lowest BCUT2D eigenvalue weighted by Crippen LogP contribution is -2.25. The zero-order chi connectivity index (χ0) is 15.5. The molecule has 3 heteroatoms. The van der Waals surface area contributed by atoms with E-state index in [1.807, 2.05) is 37.3 Å². The van der Waals surface area contributed by atoms with Crippen LogP contribution in [0.5, 0.6) is 0 Å². The molecule has 1 aromatic rings. The van der Waals surface area contributed by atoms with E-state index in [9.17, 15) is 9.90 Å². The van der Waals surface area contributed by atoms with Crippen LogP contribution in [-0.2, 0) is 9.53 Å². The van der Waals surface area contributed by atoms with Crippen molar-refractivity contribution in [3.8, 4) is 0 Å². The maximum atomic E-state index is 12.3. The molecule has 1 aromatic carbocycles. The first-order valence-electron chi connectivity index (χ1n) is 8.09. The molecule has 0 aliphatic rings. The second kappa shape index (κ2) is 10.4. The summed E-state index contributed by atoms with van der Waals surface area (Å²) < 4.78 is 5.59. The van der Waals surface area contributed by atoms with E-state index in [-0.39, 0.29) is 18.7 Å². The summed E-state index contributed by atoms with van der Waals surface area (Å²) in [7, 11) is 0. The molecule has 0 radical (unpaired) electrons. The van der Waals surface area contributed by atoms with Gasteiger partial charge in [-0.25, -0.2) is 0 Å². The molecule has 0 aliphatic heterocycles. The summed E-state index contributed by atoms with van der Waals surface area (Å²) in [5, 5.41) is 9.48. The Morgan fingerprint density at radius 3 is 2.43 bits per heavy atom. The zero-order valence-electron chi connectivity index (χ0n) is 13.3. The Labute approximate surface area is 128 Å². The zero-order valence-corrected chi connectivity index (χ0v) is 13.3. The Kier molecular flexibility index (Phi) is 8.76. The second-order valence-electron chi connectivity index (χ2n) is 5.46. The van der Waals surface area contributed by atoms with Gasteiger partial charge < -0.3 is 9.84 Å². The molecule has 21 heavy (non-hydrogen) atoms. The van der Waals surface area contributed by atoms with E-state index < -0.39 is 5.92 Å². The normalized spacial score (nSPS) is 13.7. The first-order chi connectivity index (χ1) is 10.2. The Morgan fingerprint density at radius 1 is 1.14 bits per heavy atom. The minimum absolute atomic E-state index is 0.0351. The number of aliphatic hydroxyl groups is 1. The number of hydrogen-bond donors (Lipinski definition) is 1. The molecule has 0 amide bonds. The van der Waals surface area contributed by atoms with E-state index >= 15 is 0 Å². The third kappa shape index (κ3) is 6.30. The largest absolute Gasteiger partial charge is 0.462 e. The van der Waals surface area contributed by atoms with Gasteiger partial charge in [0, 0.05) is 0 Å². The lowest BCUT2D eigenvalue weighted by Gasteiger charge is -2.20. The Bertz CT molecular complexity index is 389. The van der Waals surface area contributed by atoms with Gasteiger partial charge in [-0.05, 0) is 24.8 Å². The van der Waals surface area contributed by atoms with Crippen LogP contribution >= 0.6 is 0 Å². The van der Waals surface area contributed by atoms with E-state index in [1.54, 1.807) is 0 Å². The summed E-state index contributed by atoms with van der Waals surface area (Å²) in [6, 6.07) is 9.33. The molecule has 0 spiro atoms. The van der Waals surface area contributed by atoms with Gasteiger partial charge in [-0.2, -0.15) is 0 Å². The summed E-state index contributed by atoms with van der Waals surface area (Å²) in [6.45, 7) is 4.01. The van der Waals surface area contributed by atoms with Crippen LogP contribution in [-0.4, -0.2) is 23.8 Å². The van der Waals surface area contributed by atoms with Gasteiger partial charge in [0.1, 0.15) is 12.0 Å². The van der Waals surface area contributed by atoms with Gasteiger partial charge in [0.15, 0.2) is 0 Å². The van der Waals surface area contributed by atoms with Crippen LogP contribution in [0.1, 0.15) is 63.9 Å². The molecule has 3 nitrogen and oxygen atoms in total. The topological polar surface area (TPSA) is 46.5 Å². The van der Waals surface area contributed by atoms with Crippen molar-refractivity contribution in [2.75, 3.05) is 6.61 Å². The molecule has 2 atom stereocenters. The number of unbranched alkanes of at least 4 members (excludes halogenated alkanes) is 3. The van der Waals surface area contributed by atoms with Gasteiger partial charge in [-0.3, -0.25) is 4.79 Å². The van der Waals surface area contributed by atoms with E-state index in [0.717, 1.165) is 24.8 Å². The van der Waals surface area contributed by atoms with Crippen molar-refractivity contribution in [3.63, 3.8) is 0 Å². The summed E-state index contributed by atoms with van der Waals surface area (Å²) >= 11 is 0. The Hall–Kier alpha value is -1.35. The number of esters is 1. The first-order valence-corrected chi connectivity index (χ1v) is 8.09. The molecule has 0 bridgehead atoms. The minimum atomic E-state index is -0.573. The standard InChI is InChI=1S/C18H28O3/c1-3-5-6-10-13-16(4-2)21-18(20)17(14-19)15-11-8-7-9-12-15/h7-9,11-12,16-17,19H,3-6,10,13-14H2,1-2H3. The van der Waals surface area contributed by atoms with Crippen molar-refractivity contribution in [1.82, 2.24) is 0 Å². The van der Waals surface area contributed by atoms with E-state index in [1.165, 1.54) is 19.3 Å². The Morgan fingerprint density at radius 2 is 1.86 bits per heavy atom. The molecule has 0 heterocycles. The van der Waals surface area contributed by atoms with Crippen LogP contribution in [0.25, 0.3) is 0 Å². The van der Waals surface area contributed by atoms with Gasteiger partial charge in [-0.1, -0.05) is 63.4 Å². The lowest BCUT2D eigenvalue weighted by molar-refractivity contribution is -0.152. The van der Waals surface area contributed by atoms with Gasteiger partial charge >= 0.3 is 5.97 Å². The predicted molar refractivity (Wildman–Crippen MR) is 85.2 cm³/mol. The fourth-order valence-electron chi connectivity index (χ4n) is 2.39. The fourth-order valence-corrected chi connectivity index (χ4v) is 2.39. The Balaban J connectivity index is 2.51. The van der Waals surface area contributed by atoms with Crippen molar-refractivity contribution < 1.29 is 14.6 Å². The van der Waals surface area contributed by atoms with Crippen LogP contribution in [0.15, 0.2) is 30.3 Å². The summed E-state index contributed by atoms with van der Waals surface area (Å²) in [6.07, 6.45) is 6.42. The predicted octanol–water partition coefficient (Wildman–Crippen LogP) is 4.05. The fraction of sp³-hybridized carbons (Fsp3) is 0.611. The maximum absolute atomic E-state index is 12.3. The molecule has 0 saturated carbocycles. The maximum Gasteiger partial charge on any atom is 0.316 e. The van der Waals surface area contributed by atoms with Gasteiger partial charge in [0.2, 0.25) is 0 Å². The number of benzene rings is 1. The first kappa shape index (κ1) is 17.7. The molecule has 0 aliphatic carbocycles. The van der Waals surface area contributed by atoms with Crippen LogP contribution in [0.3, 0.4) is 0 Å². The summed E-state index contributed by atoms with van der Waals surface area (Å²) in [4.78, 5) is 12.3. The summed E-state index contributed by atoms with van der Waals surface area (Å²) in [5.74, 6) is -0.887. The van der Waals surface area contributed by atoms with Gasteiger partial charge in [-0.15, -0.1) is 0 Å². The average molecular weight is 292 g/mol. The number of hydrogen-bond acceptors (Lipinski definition) is 3. The van der Waals surface area contributed by atoms with Crippen molar-refractivity contribution in [2.24, 2.45) is 0 Å². The molecule has 1 rings (SSSR count). The number of rotatable bonds is 10.